The zero-order chi connectivity index (χ0) is 27.0. The van der Waals surface area contributed by atoms with Crippen molar-refractivity contribution in [1.82, 2.24) is 15.3 Å². The summed E-state index contributed by atoms with van der Waals surface area (Å²) in [5.74, 6) is -5.80. The lowest BCUT2D eigenvalue weighted by atomic mass is 9.97. The molecule has 2 atom stereocenters. The van der Waals surface area contributed by atoms with Crippen LogP contribution in [-0.4, -0.2) is 34.2 Å². The number of aromatic amines is 1. The molecule has 3 heterocycles. The Balaban J connectivity index is 1.38. The quantitative estimate of drug-likeness (QED) is 0.371. The van der Waals surface area contributed by atoms with Gasteiger partial charge in [-0.25, -0.2) is 9.37 Å². The summed E-state index contributed by atoms with van der Waals surface area (Å²) in [5, 5.41) is 8.60. The van der Waals surface area contributed by atoms with Gasteiger partial charge in [-0.05, 0) is 55.0 Å². The summed E-state index contributed by atoms with van der Waals surface area (Å²) < 4.78 is 41.5. The van der Waals surface area contributed by atoms with Gasteiger partial charge >= 0.3 is 5.92 Å². The van der Waals surface area contributed by atoms with Crippen LogP contribution in [0.1, 0.15) is 28.8 Å². The molecular weight excluding hydrogens is 497 g/mol. The first-order chi connectivity index (χ1) is 18.1. The minimum Gasteiger partial charge on any atom is -0.369 e. The number of nitrogens with one attached hydrogen (secondary N) is 4. The molecule has 38 heavy (non-hydrogen) atoms. The number of hydrogen-bond donors (Lipinski definition) is 4. The average Bonchev–Trinajstić information content (AvgIpc) is 3.52. The van der Waals surface area contributed by atoms with Crippen molar-refractivity contribution in [1.29, 1.82) is 0 Å². The van der Waals surface area contributed by atoms with Crippen molar-refractivity contribution in [3.05, 3.63) is 89.3 Å². The second kappa shape index (κ2) is 9.66. The summed E-state index contributed by atoms with van der Waals surface area (Å²) in [6.07, 6.45) is 6.76. The predicted octanol–water partition coefficient (Wildman–Crippen LogP) is 4.90. The molecule has 2 aliphatic heterocycles. The first-order valence-electron chi connectivity index (χ1n) is 11.7. The van der Waals surface area contributed by atoms with Crippen molar-refractivity contribution in [3.8, 4) is 11.3 Å². The van der Waals surface area contributed by atoms with Crippen molar-refractivity contribution < 1.29 is 22.8 Å². The Bertz CT molecular complexity index is 1500. The molecule has 11 heteroatoms. The molecule has 0 saturated heterocycles. The number of anilines is 2. The highest BCUT2D eigenvalue weighted by Crippen LogP contribution is 2.31. The van der Waals surface area contributed by atoms with E-state index < -0.39 is 23.5 Å². The monoisotopic (exact) mass is 520 g/mol. The summed E-state index contributed by atoms with van der Waals surface area (Å²) in [6, 6.07) is 9.90. The van der Waals surface area contributed by atoms with Gasteiger partial charge in [-0.2, -0.15) is 8.78 Å². The van der Waals surface area contributed by atoms with E-state index in [1.807, 2.05) is 6.08 Å². The molecule has 0 aliphatic carbocycles. The number of aliphatic imine (C=N–C) groups is 1. The molecule has 194 valence electrons. The zero-order valence-corrected chi connectivity index (χ0v) is 20.4. The number of imidazole rings is 1. The number of amides is 2. The van der Waals surface area contributed by atoms with Gasteiger partial charge < -0.3 is 20.9 Å². The van der Waals surface area contributed by atoms with Crippen molar-refractivity contribution >= 4 is 29.4 Å². The number of benzene rings is 2. The topological polar surface area (TPSA) is 111 Å². The fourth-order valence-electron chi connectivity index (χ4n) is 4.20. The van der Waals surface area contributed by atoms with Crippen LogP contribution in [0.2, 0.25) is 0 Å². The summed E-state index contributed by atoms with van der Waals surface area (Å²) in [6.45, 7) is 2.46. The van der Waals surface area contributed by atoms with Gasteiger partial charge in [0.25, 0.3) is 11.8 Å². The number of allylic oxidation sites excluding steroid dienone is 1. The lowest BCUT2D eigenvalue weighted by Gasteiger charge is -2.18. The first-order valence-corrected chi connectivity index (χ1v) is 11.7. The lowest BCUT2D eigenvalue weighted by Crippen LogP contribution is -2.28. The minimum atomic E-state index is -3.34. The van der Waals surface area contributed by atoms with Crippen LogP contribution >= 0.6 is 0 Å². The molecule has 2 aliphatic rings. The molecule has 0 bridgehead atoms. The highest BCUT2D eigenvalue weighted by atomic mass is 19.3. The summed E-state index contributed by atoms with van der Waals surface area (Å²) in [4.78, 5) is 36.8. The Morgan fingerprint density at radius 3 is 2.55 bits per heavy atom. The van der Waals surface area contributed by atoms with E-state index in [0.717, 1.165) is 17.7 Å². The number of aryl methyl sites for hydroxylation is 1. The molecule has 1 aromatic heterocycles. The van der Waals surface area contributed by atoms with Crippen molar-refractivity contribution in [2.45, 2.75) is 25.9 Å². The van der Waals surface area contributed by atoms with Crippen LogP contribution in [-0.2, 0) is 10.7 Å². The van der Waals surface area contributed by atoms with Gasteiger partial charge in [0, 0.05) is 47.8 Å². The number of carbonyl (C=O) groups is 2. The van der Waals surface area contributed by atoms with Crippen LogP contribution in [0.15, 0.2) is 71.4 Å². The molecule has 0 radical (unpaired) electrons. The maximum absolute atomic E-state index is 14.0. The SMILES string of the molecule is Cc1ccc(NC(=O)c2[nH]c(C(C)(F)F)nc2-c2ccc(F)cc2)cc1NC(=O)C1=CNC2N=CC=CC12. The van der Waals surface area contributed by atoms with Crippen LogP contribution in [0, 0.1) is 18.7 Å². The molecule has 0 spiro atoms. The summed E-state index contributed by atoms with van der Waals surface area (Å²) in [7, 11) is 0. The first kappa shape index (κ1) is 25.0. The van der Waals surface area contributed by atoms with Crippen LogP contribution < -0.4 is 16.0 Å². The number of alkyl halides is 2. The van der Waals surface area contributed by atoms with Crippen molar-refractivity contribution in [2.75, 3.05) is 10.6 Å². The Labute approximate surface area is 215 Å². The average molecular weight is 521 g/mol. The number of carbonyl (C=O) groups excluding carboxylic acids is 2. The molecule has 4 N–H and O–H groups in total. The normalized spacial score (nSPS) is 18.0. The molecule has 2 aromatic carbocycles. The molecule has 3 aromatic rings. The Morgan fingerprint density at radius 1 is 1.05 bits per heavy atom. The van der Waals surface area contributed by atoms with E-state index in [0.29, 0.717) is 23.9 Å². The van der Waals surface area contributed by atoms with Gasteiger partial charge in [-0.3, -0.25) is 14.6 Å². The van der Waals surface area contributed by atoms with E-state index in [2.05, 4.69) is 30.9 Å². The van der Waals surface area contributed by atoms with Gasteiger partial charge in [0.2, 0.25) is 0 Å². The Morgan fingerprint density at radius 2 is 1.82 bits per heavy atom. The van der Waals surface area contributed by atoms with Crippen LogP contribution in [0.25, 0.3) is 11.3 Å². The molecule has 0 saturated carbocycles. The van der Waals surface area contributed by atoms with E-state index in [-0.39, 0.29) is 34.9 Å². The summed E-state index contributed by atoms with van der Waals surface area (Å²) in [5.41, 5.74) is 2.08. The molecule has 2 amide bonds. The number of H-pyrrole nitrogens is 1. The third-order valence-corrected chi connectivity index (χ3v) is 6.23. The van der Waals surface area contributed by atoms with Crippen molar-refractivity contribution in [2.24, 2.45) is 10.9 Å². The maximum atomic E-state index is 14.0. The summed E-state index contributed by atoms with van der Waals surface area (Å²) >= 11 is 0. The van der Waals surface area contributed by atoms with E-state index in [4.69, 9.17) is 0 Å². The van der Waals surface area contributed by atoms with E-state index in [1.54, 1.807) is 43.6 Å². The Kier molecular flexibility index (Phi) is 6.35. The number of dihydropyridines is 1. The van der Waals surface area contributed by atoms with Crippen molar-refractivity contribution in [3.63, 3.8) is 0 Å². The number of nitrogens with zero attached hydrogens (tertiary/aromatic N) is 2. The molecule has 0 fully saturated rings. The molecule has 5 rings (SSSR count). The van der Waals surface area contributed by atoms with E-state index in [9.17, 15) is 22.8 Å². The highest BCUT2D eigenvalue weighted by molar-refractivity contribution is 6.08. The zero-order valence-electron chi connectivity index (χ0n) is 20.4. The molecule has 2 unspecified atom stereocenters. The number of aromatic nitrogens is 2. The standard InChI is InChI=1S/C27H23F3N6O2/c1-14-5-10-17(12-20(14)34-24(37)19-13-32-23-18(19)4-3-11-31-23)33-25(38)22-21(15-6-8-16(28)9-7-15)35-26(36-22)27(2,29)30/h3-13,18,23,32H,1-2H3,(H,33,38)(H,34,37)(H,35,36). The van der Waals surface area contributed by atoms with Gasteiger partial charge in [-0.15, -0.1) is 0 Å². The second-order valence-electron chi connectivity index (χ2n) is 9.06. The fraction of sp³-hybridized carbons (Fsp3) is 0.185. The third-order valence-electron chi connectivity index (χ3n) is 6.23. The molecular formula is C27H23F3N6O2. The largest absolute Gasteiger partial charge is 0.369 e. The highest BCUT2D eigenvalue weighted by Gasteiger charge is 2.33. The maximum Gasteiger partial charge on any atom is 0.301 e. The number of rotatable bonds is 6. The van der Waals surface area contributed by atoms with Gasteiger partial charge in [-0.1, -0.05) is 12.1 Å². The van der Waals surface area contributed by atoms with Crippen LogP contribution in [0.3, 0.4) is 0 Å². The number of halogens is 3. The van der Waals surface area contributed by atoms with Crippen LogP contribution in [0.4, 0.5) is 24.5 Å². The van der Waals surface area contributed by atoms with Gasteiger partial charge in [0.15, 0.2) is 5.82 Å². The number of hydrogen-bond acceptors (Lipinski definition) is 5. The van der Waals surface area contributed by atoms with Crippen LogP contribution in [0.5, 0.6) is 0 Å². The van der Waals surface area contributed by atoms with Gasteiger partial charge in [0.1, 0.15) is 23.4 Å². The lowest BCUT2D eigenvalue weighted by molar-refractivity contribution is -0.113. The molecule has 8 nitrogen and oxygen atoms in total. The second-order valence-corrected chi connectivity index (χ2v) is 9.06. The van der Waals surface area contributed by atoms with E-state index >= 15 is 0 Å². The number of fused-ring (bicyclic) bond motifs is 1. The third kappa shape index (κ3) is 4.95. The predicted molar refractivity (Wildman–Crippen MR) is 137 cm³/mol. The Hall–Kier alpha value is -4.67. The smallest absolute Gasteiger partial charge is 0.301 e. The minimum absolute atomic E-state index is 0.0434. The van der Waals surface area contributed by atoms with E-state index in [1.165, 1.54) is 12.1 Å². The fourth-order valence-corrected chi connectivity index (χ4v) is 4.20. The van der Waals surface area contributed by atoms with Gasteiger partial charge in [0.05, 0.1) is 0 Å².